The maximum atomic E-state index is 14.0. The predicted molar refractivity (Wildman–Crippen MR) is 98.1 cm³/mol. The number of nitrogens with zero attached hydrogens (tertiary/aromatic N) is 2. The van der Waals surface area contributed by atoms with E-state index in [2.05, 4.69) is 4.98 Å². The van der Waals surface area contributed by atoms with Crippen LogP contribution in [0.15, 0.2) is 47.3 Å². The van der Waals surface area contributed by atoms with Crippen LogP contribution in [0.3, 0.4) is 0 Å². The molecule has 1 amide bonds. The van der Waals surface area contributed by atoms with Gasteiger partial charge in [0, 0.05) is 19.1 Å². The molecule has 0 spiro atoms. The summed E-state index contributed by atoms with van der Waals surface area (Å²) in [4.78, 5) is 29.4. The van der Waals surface area contributed by atoms with Crippen molar-refractivity contribution >= 4 is 28.5 Å². The van der Waals surface area contributed by atoms with Crippen molar-refractivity contribution in [3.05, 3.63) is 69.4 Å². The molecule has 5 nitrogen and oxygen atoms in total. The molecule has 7 heteroatoms. The summed E-state index contributed by atoms with van der Waals surface area (Å²) in [6.45, 7) is 0.889. The molecular weight excluding hydrogens is 357 g/mol. The zero-order chi connectivity index (χ0) is 18.3. The Labute approximate surface area is 154 Å². The number of rotatable bonds is 2. The van der Waals surface area contributed by atoms with Crippen LogP contribution >= 0.6 is 11.6 Å². The van der Waals surface area contributed by atoms with Gasteiger partial charge in [-0.1, -0.05) is 29.8 Å². The van der Waals surface area contributed by atoms with Crippen molar-refractivity contribution in [2.75, 3.05) is 13.1 Å². The molecule has 1 aliphatic heterocycles. The first-order valence-corrected chi connectivity index (χ1v) is 8.86. The van der Waals surface area contributed by atoms with Crippen molar-refractivity contribution < 1.29 is 9.18 Å². The standard InChI is InChI=1S/C19H17ClFN3O2/c20-13-4-3-5-14(21)17(13)18(25)23-10-8-12(9-11-23)24-16-7-2-1-6-15(16)22-19(24)26/h1-7,12H,8-11H2,(H,22,26). The lowest BCUT2D eigenvalue weighted by molar-refractivity contribution is 0.0690. The average Bonchev–Trinajstić information content (AvgIpc) is 2.97. The third kappa shape index (κ3) is 2.80. The van der Waals surface area contributed by atoms with Crippen molar-refractivity contribution in [3.63, 3.8) is 0 Å². The molecule has 3 aromatic rings. The average molecular weight is 374 g/mol. The predicted octanol–water partition coefficient (Wildman–Crippen LogP) is 3.60. The first-order valence-electron chi connectivity index (χ1n) is 8.49. The van der Waals surface area contributed by atoms with E-state index in [1.807, 2.05) is 24.3 Å². The number of aromatic nitrogens is 2. The van der Waals surface area contributed by atoms with Gasteiger partial charge in [0.25, 0.3) is 5.91 Å². The number of fused-ring (bicyclic) bond motifs is 1. The fourth-order valence-electron chi connectivity index (χ4n) is 3.62. The van der Waals surface area contributed by atoms with Crippen molar-refractivity contribution in [1.82, 2.24) is 14.5 Å². The lowest BCUT2D eigenvalue weighted by atomic mass is 10.0. The number of halogens is 2. The minimum absolute atomic E-state index is 0.00112. The van der Waals surface area contributed by atoms with Gasteiger partial charge < -0.3 is 9.88 Å². The van der Waals surface area contributed by atoms with E-state index in [9.17, 15) is 14.0 Å². The molecule has 0 radical (unpaired) electrons. The summed E-state index contributed by atoms with van der Waals surface area (Å²) in [5.74, 6) is -1.02. The number of H-pyrrole nitrogens is 1. The lowest BCUT2D eigenvalue weighted by Gasteiger charge is -2.32. The number of amides is 1. The van der Waals surface area contributed by atoms with Crippen LogP contribution in [0.1, 0.15) is 29.2 Å². The van der Waals surface area contributed by atoms with Gasteiger partial charge in [0.2, 0.25) is 0 Å². The molecule has 1 aromatic heterocycles. The summed E-state index contributed by atoms with van der Waals surface area (Å²) in [6.07, 6.45) is 1.25. The number of imidazole rings is 1. The van der Waals surface area contributed by atoms with Crippen molar-refractivity contribution in [1.29, 1.82) is 0 Å². The minimum Gasteiger partial charge on any atom is -0.338 e. The monoisotopic (exact) mass is 373 g/mol. The third-order valence-electron chi connectivity index (χ3n) is 4.92. The summed E-state index contributed by atoms with van der Waals surface area (Å²) in [6, 6.07) is 11.8. The molecule has 0 bridgehead atoms. The van der Waals surface area contributed by atoms with Gasteiger partial charge in [-0.2, -0.15) is 0 Å². The van der Waals surface area contributed by atoms with E-state index in [0.717, 1.165) is 11.0 Å². The van der Waals surface area contributed by atoms with E-state index in [4.69, 9.17) is 11.6 Å². The van der Waals surface area contributed by atoms with E-state index < -0.39 is 11.7 Å². The first kappa shape index (κ1) is 16.8. The summed E-state index contributed by atoms with van der Waals surface area (Å²) < 4.78 is 15.8. The van der Waals surface area contributed by atoms with Crippen LogP contribution in [0.2, 0.25) is 5.02 Å². The zero-order valence-electron chi connectivity index (χ0n) is 13.9. The Bertz CT molecular complexity index is 1010. The smallest absolute Gasteiger partial charge is 0.326 e. The number of hydrogen-bond acceptors (Lipinski definition) is 2. The minimum atomic E-state index is -0.613. The van der Waals surface area contributed by atoms with Gasteiger partial charge in [0.05, 0.1) is 21.6 Å². The highest BCUT2D eigenvalue weighted by Gasteiger charge is 2.28. The Morgan fingerprint density at radius 3 is 2.58 bits per heavy atom. The van der Waals surface area contributed by atoms with Gasteiger partial charge in [-0.05, 0) is 37.1 Å². The molecule has 1 fully saturated rings. The van der Waals surface area contributed by atoms with Crippen LogP contribution in [-0.2, 0) is 0 Å². The van der Waals surface area contributed by atoms with Crippen LogP contribution in [-0.4, -0.2) is 33.4 Å². The van der Waals surface area contributed by atoms with Crippen LogP contribution in [0.5, 0.6) is 0 Å². The molecule has 0 atom stereocenters. The highest BCUT2D eigenvalue weighted by atomic mass is 35.5. The molecular formula is C19H17ClFN3O2. The van der Waals surface area contributed by atoms with Gasteiger partial charge in [0.1, 0.15) is 5.82 Å². The highest BCUT2D eigenvalue weighted by Crippen LogP contribution is 2.27. The second-order valence-corrected chi connectivity index (χ2v) is 6.84. The number of carbonyl (C=O) groups excluding carboxylic acids is 1. The quantitative estimate of drug-likeness (QED) is 0.746. The maximum Gasteiger partial charge on any atom is 0.326 e. The number of nitrogens with one attached hydrogen (secondary N) is 1. The summed E-state index contributed by atoms with van der Waals surface area (Å²) in [5.41, 5.74) is 1.43. The van der Waals surface area contributed by atoms with Crippen LogP contribution in [0.4, 0.5) is 4.39 Å². The molecule has 26 heavy (non-hydrogen) atoms. The molecule has 2 aromatic carbocycles. The number of likely N-dealkylation sites (tertiary alicyclic amines) is 1. The summed E-state index contributed by atoms with van der Waals surface area (Å²) >= 11 is 6.00. The second-order valence-electron chi connectivity index (χ2n) is 6.44. The maximum absolute atomic E-state index is 14.0. The number of aromatic amines is 1. The van der Waals surface area contributed by atoms with Gasteiger partial charge in [-0.25, -0.2) is 9.18 Å². The van der Waals surface area contributed by atoms with E-state index in [-0.39, 0.29) is 22.3 Å². The molecule has 1 aliphatic rings. The van der Waals surface area contributed by atoms with Crippen molar-refractivity contribution in [2.45, 2.75) is 18.9 Å². The molecule has 0 saturated carbocycles. The van der Waals surface area contributed by atoms with E-state index >= 15 is 0 Å². The fraction of sp³-hybridized carbons (Fsp3) is 0.263. The first-order chi connectivity index (χ1) is 12.6. The van der Waals surface area contributed by atoms with Gasteiger partial charge in [-0.15, -0.1) is 0 Å². The van der Waals surface area contributed by atoms with Gasteiger partial charge in [0.15, 0.2) is 0 Å². The number of piperidine rings is 1. The normalized spacial score (nSPS) is 15.5. The van der Waals surface area contributed by atoms with Gasteiger partial charge >= 0.3 is 5.69 Å². The van der Waals surface area contributed by atoms with Crippen LogP contribution < -0.4 is 5.69 Å². The van der Waals surface area contributed by atoms with E-state index in [1.54, 1.807) is 9.47 Å². The molecule has 1 saturated heterocycles. The molecule has 2 heterocycles. The molecule has 4 rings (SSSR count). The Morgan fingerprint density at radius 2 is 1.85 bits per heavy atom. The summed E-state index contributed by atoms with van der Waals surface area (Å²) in [5, 5.41) is 0.116. The number of benzene rings is 2. The number of hydrogen-bond donors (Lipinski definition) is 1. The molecule has 0 aliphatic carbocycles. The number of carbonyl (C=O) groups is 1. The Hall–Kier alpha value is -2.60. The highest BCUT2D eigenvalue weighted by molar-refractivity contribution is 6.33. The third-order valence-corrected chi connectivity index (χ3v) is 5.23. The molecule has 0 unspecified atom stereocenters. The Balaban J connectivity index is 1.55. The SMILES string of the molecule is O=C(c1c(F)cccc1Cl)N1CCC(n2c(=O)[nH]c3ccccc32)CC1. The van der Waals surface area contributed by atoms with E-state index in [0.29, 0.717) is 25.9 Å². The Morgan fingerprint density at radius 1 is 1.12 bits per heavy atom. The largest absolute Gasteiger partial charge is 0.338 e. The summed E-state index contributed by atoms with van der Waals surface area (Å²) in [7, 11) is 0. The fourth-order valence-corrected chi connectivity index (χ4v) is 3.87. The van der Waals surface area contributed by atoms with Crippen molar-refractivity contribution in [2.24, 2.45) is 0 Å². The van der Waals surface area contributed by atoms with E-state index in [1.165, 1.54) is 18.2 Å². The van der Waals surface area contributed by atoms with Crippen molar-refractivity contribution in [3.8, 4) is 0 Å². The second kappa shape index (κ2) is 6.61. The molecule has 1 N–H and O–H groups in total. The zero-order valence-corrected chi connectivity index (χ0v) is 14.7. The lowest BCUT2D eigenvalue weighted by Crippen LogP contribution is -2.40. The number of para-hydroxylation sites is 2. The van der Waals surface area contributed by atoms with Crippen LogP contribution in [0, 0.1) is 5.82 Å². The Kier molecular flexibility index (Phi) is 4.28. The molecule has 134 valence electrons. The van der Waals surface area contributed by atoms with Gasteiger partial charge in [-0.3, -0.25) is 9.36 Å². The van der Waals surface area contributed by atoms with Crippen LogP contribution in [0.25, 0.3) is 11.0 Å². The topological polar surface area (TPSA) is 58.1 Å².